The van der Waals surface area contributed by atoms with Crippen molar-refractivity contribution in [1.82, 2.24) is 0 Å². The fourth-order valence-electron chi connectivity index (χ4n) is 2.23. The van der Waals surface area contributed by atoms with Crippen molar-refractivity contribution in [3.63, 3.8) is 0 Å². The summed E-state index contributed by atoms with van der Waals surface area (Å²) in [5.41, 5.74) is 3.36. The van der Waals surface area contributed by atoms with Gasteiger partial charge in [-0.05, 0) is 36.0 Å². The van der Waals surface area contributed by atoms with Crippen LogP contribution < -0.4 is 0 Å². The molecule has 0 fully saturated rings. The predicted molar refractivity (Wildman–Crippen MR) is 62.9 cm³/mol. The van der Waals surface area contributed by atoms with E-state index in [1.54, 1.807) is 6.07 Å². The second-order valence-corrected chi connectivity index (χ2v) is 3.93. The van der Waals surface area contributed by atoms with E-state index in [9.17, 15) is 15.3 Å². The minimum atomic E-state index is -2.73. The maximum absolute atomic E-state index is 9.30. The number of aliphatic hydroxyl groups is 3. The Morgan fingerprint density at radius 2 is 1.44 bits per heavy atom. The molecule has 0 spiro atoms. The molecule has 0 bridgehead atoms. The summed E-state index contributed by atoms with van der Waals surface area (Å²) in [6.07, 6.45) is 2.41. The fourth-order valence-corrected chi connectivity index (χ4v) is 2.23. The van der Waals surface area contributed by atoms with Crippen LogP contribution in [0.4, 0.5) is 0 Å². The number of rotatable bonds is 4. The lowest BCUT2D eigenvalue weighted by atomic mass is 9.90. The fraction of sp³-hybridized carbons (Fsp3) is 0.538. The zero-order valence-electron chi connectivity index (χ0n) is 10.1. The molecule has 0 radical (unpaired) electrons. The van der Waals surface area contributed by atoms with Crippen molar-refractivity contribution in [2.75, 3.05) is 0 Å². The Morgan fingerprint density at radius 1 is 0.875 bits per heavy atom. The zero-order chi connectivity index (χ0) is 12.3. The third-order valence-corrected chi connectivity index (χ3v) is 2.98. The summed E-state index contributed by atoms with van der Waals surface area (Å²) in [7, 11) is 0. The average molecular weight is 224 g/mol. The van der Waals surface area contributed by atoms with Gasteiger partial charge in [-0.15, -0.1) is 0 Å². The van der Waals surface area contributed by atoms with E-state index in [1.807, 2.05) is 19.9 Å². The van der Waals surface area contributed by atoms with Crippen LogP contribution in [-0.4, -0.2) is 15.3 Å². The van der Waals surface area contributed by atoms with Gasteiger partial charge < -0.3 is 15.3 Å². The Labute approximate surface area is 96.4 Å². The highest BCUT2D eigenvalue weighted by atomic mass is 16.7. The molecule has 90 valence electrons. The lowest BCUT2D eigenvalue weighted by Crippen LogP contribution is -2.26. The van der Waals surface area contributed by atoms with Crippen molar-refractivity contribution in [3.05, 3.63) is 34.4 Å². The Hall–Kier alpha value is -0.900. The highest BCUT2D eigenvalue weighted by Crippen LogP contribution is 2.27. The van der Waals surface area contributed by atoms with E-state index in [2.05, 4.69) is 6.92 Å². The van der Waals surface area contributed by atoms with Gasteiger partial charge in [0.05, 0.1) is 0 Å². The predicted octanol–water partition coefficient (Wildman–Crippen LogP) is 1.46. The average Bonchev–Trinajstić information content (AvgIpc) is 2.25. The van der Waals surface area contributed by atoms with Crippen molar-refractivity contribution in [1.29, 1.82) is 0 Å². The van der Waals surface area contributed by atoms with Crippen LogP contribution in [0.5, 0.6) is 0 Å². The molecule has 3 N–H and O–H groups in total. The highest BCUT2D eigenvalue weighted by Gasteiger charge is 2.26. The van der Waals surface area contributed by atoms with Crippen molar-refractivity contribution >= 4 is 0 Å². The second-order valence-electron chi connectivity index (χ2n) is 3.93. The first-order valence-electron chi connectivity index (χ1n) is 5.76. The summed E-state index contributed by atoms with van der Waals surface area (Å²) in [5, 5.41) is 27.9. The van der Waals surface area contributed by atoms with Gasteiger partial charge in [-0.2, -0.15) is 0 Å². The van der Waals surface area contributed by atoms with Crippen LogP contribution in [-0.2, 0) is 25.2 Å². The third kappa shape index (κ3) is 2.43. The van der Waals surface area contributed by atoms with Crippen LogP contribution >= 0.6 is 0 Å². The highest BCUT2D eigenvalue weighted by molar-refractivity contribution is 5.42. The normalized spacial score (nSPS) is 11.9. The topological polar surface area (TPSA) is 60.7 Å². The van der Waals surface area contributed by atoms with Crippen molar-refractivity contribution in [2.24, 2.45) is 0 Å². The van der Waals surface area contributed by atoms with E-state index in [1.165, 1.54) is 5.56 Å². The summed E-state index contributed by atoms with van der Waals surface area (Å²) in [6, 6.07) is 3.45. The van der Waals surface area contributed by atoms with Crippen LogP contribution in [0.1, 0.15) is 43.0 Å². The molecule has 0 heterocycles. The Balaban J connectivity index is 3.43. The van der Waals surface area contributed by atoms with Gasteiger partial charge in [0.15, 0.2) is 0 Å². The van der Waals surface area contributed by atoms with Crippen molar-refractivity contribution < 1.29 is 15.3 Å². The zero-order valence-corrected chi connectivity index (χ0v) is 10.1. The Kier molecular flexibility index (Phi) is 4.08. The van der Waals surface area contributed by atoms with Crippen LogP contribution in [0.15, 0.2) is 12.1 Å². The molecule has 1 aromatic carbocycles. The Morgan fingerprint density at radius 3 is 1.81 bits per heavy atom. The molecule has 1 rings (SSSR count). The van der Waals surface area contributed by atoms with Crippen molar-refractivity contribution in [2.45, 2.75) is 46.0 Å². The van der Waals surface area contributed by atoms with Gasteiger partial charge in [-0.25, -0.2) is 0 Å². The van der Waals surface area contributed by atoms with E-state index in [-0.39, 0.29) is 5.56 Å². The molecule has 3 nitrogen and oxygen atoms in total. The molecule has 3 heteroatoms. The lowest BCUT2D eigenvalue weighted by Gasteiger charge is -2.22. The quantitative estimate of drug-likeness (QED) is 0.679. The molecule has 0 aliphatic rings. The Bertz CT molecular complexity index is 364. The maximum Gasteiger partial charge on any atom is 0.304 e. The number of hydrogen-bond donors (Lipinski definition) is 3. The first kappa shape index (κ1) is 13.2. The summed E-state index contributed by atoms with van der Waals surface area (Å²) in [5.74, 6) is -2.73. The van der Waals surface area contributed by atoms with E-state index >= 15 is 0 Å². The molecular weight excluding hydrogens is 204 g/mol. The standard InChI is InChI=1S/C13H20O3/c1-4-9-7-8-12(13(14,15)16)11(6-3)10(9)5-2/h7-8,14-16H,4-6H2,1-3H3. The summed E-state index contributed by atoms with van der Waals surface area (Å²) in [6.45, 7) is 6.05. The van der Waals surface area contributed by atoms with Gasteiger partial charge in [0, 0.05) is 5.56 Å². The smallest absolute Gasteiger partial charge is 0.304 e. The third-order valence-electron chi connectivity index (χ3n) is 2.98. The molecule has 16 heavy (non-hydrogen) atoms. The van der Waals surface area contributed by atoms with Crippen LogP contribution in [0.25, 0.3) is 0 Å². The summed E-state index contributed by atoms with van der Waals surface area (Å²) >= 11 is 0. The van der Waals surface area contributed by atoms with Crippen LogP contribution in [0.2, 0.25) is 0 Å². The molecule has 1 aromatic rings. The van der Waals surface area contributed by atoms with Gasteiger partial charge >= 0.3 is 5.97 Å². The largest absolute Gasteiger partial charge is 0.340 e. The SMILES string of the molecule is CCc1ccc(C(O)(O)O)c(CC)c1CC. The molecular formula is C13H20O3. The van der Waals surface area contributed by atoms with E-state index in [0.29, 0.717) is 6.42 Å². The molecule has 0 aliphatic heterocycles. The lowest BCUT2D eigenvalue weighted by molar-refractivity contribution is -0.324. The first-order chi connectivity index (χ1) is 7.45. The molecule has 0 saturated carbocycles. The van der Waals surface area contributed by atoms with Gasteiger partial charge in [-0.1, -0.05) is 32.9 Å². The molecule has 0 unspecified atom stereocenters. The first-order valence-corrected chi connectivity index (χ1v) is 5.76. The molecule has 0 saturated heterocycles. The van der Waals surface area contributed by atoms with Crippen LogP contribution in [0, 0.1) is 0 Å². The van der Waals surface area contributed by atoms with Gasteiger partial charge in [0.2, 0.25) is 0 Å². The van der Waals surface area contributed by atoms with Gasteiger partial charge in [0.1, 0.15) is 0 Å². The summed E-state index contributed by atoms with van der Waals surface area (Å²) in [4.78, 5) is 0. The number of benzene rings is 1. The van der Waals surface area contributed by atoms with Crippen molar-refractivity contribution in [3.8, 4) is 0 Å². The van der Waals surface area contributed by atoms with Gasteiger partial charge in [0.25, 0.3) is 0 Å². The monoisotopic (exact) mass is 224 g/mol. The van der Waals surface area contributed by atoms with E-state index in [0.717, 1.165) is 24.0 Å². The minimum Gasteiger partial charge on any atom is -0.340 e. The second kappa shape index (κ2) is 4.95. The number of aryl methyl sites for hydroxylation is 1. The molecule has 0 amide bonds. The minimum absolute atomic E-state index is 0.198. The maximum atomic E-state index is 9.30. The van der Waals surface area contributed by atoms with Crippen LogP contribution in [0.3, 0.4) is 0 Å². The van der Waals surface area contributed by atoms with Gasteiger partial charge in [-0.3, -0.25) is 0 Å². The van der Waals surface area contributed by atoms with E-state index in [4.69, 9.17) is 0 Å². The summed E-state index contributed by atoms with van der Waals surface area (Å²) < 4.78 is 0. The molecule has 0 atom stereocenters. The number of hydrogen-bond acceptors (Lipinski definition) is 3. The molecule has 0 aliphatic carbocycles. The van der Waals surface area contributed by atoms with E-state index < -0.39 is 5.97 Å². The molecule has 0 aromatic heterocycles.